The van der Waals surface area contributed by atoms with E-state index in [0.717, 1.165) is 0 Å². The molecule has 108 valence electrons. The molecular formula is C16H15NO4. The Hall–Kier alpha value is -2.66. The van der Waals surface area contributed by atoms with Crippen LogP contribution in [-0.2, 0) is 4.79 Å². The number of rotatable bonds is 5. The van der Waals surface area contributed by atoms with Crippen LogP contribution in [0.2, 0.25) is 0 Å². The second-order valence-electron chi connectivity index (χ2n) is 4.53. The molecule has 0 aliphatic heterocycles. The summed E-state index contributed by atoms with van der Waals surface area (Å²) in [6, 6.07) is 14.6. The van der Waals surface area contributed by atoms with Crippen molar-refractivity contribution in [3.8, 4) is 5.75 Å². The third-order valence-electron chi connectivity index (χ3n) is 2.92. The average molecular weight is 285 g/mol. The van der Waals surface area contributed by atoms with Crippen LogP contribution >= 0.6 is 0 Å². The molecule has 5 nitrogen and oxygen atoms in total. The number of nitrogens with two attached hydrogens (primary N) is 1. The van der Waals surface area contributed by atoms with E-state index < -0.39 is 18.0 Å². The van der Waals surface area contributed by atoms with Gasteiger partial charge >= 0.3 is 11.9 Å². The second-order valence-corrected chi connectivity index (χ2v) is 4.53. The summed E-state index contributed by atoms with van der Waals surface area (Å²) in [6.07, 6.45) is -0.150. The van der Waals surface area contributed by atoms with Crippen LogP contribution in [-0.4, -0.2) is 17.0 Å². The van der Waals surface area contributed by atoms with Crippen LogP contribution in [0.5, 0.6) is 5.75 Å². The molecule has 0 aliphatic rings. The zero-order chi connectivity index (χ0) is 15.2. The maximum atomic E-state index is 11.9. The number of carbonyl (C=O) groups excluding carboxylic acids is 1. The first-order valence-electron chi connectivity index (χ1n) is 6.41. The second kappa shape index (κ2) is 6.67. The lowest BCUT2D eigenvalue weighted by Gasteiger charge is -2.10. The molecule has 1 unspecified atom stereocenters. The van der Waals surface area contributed by atoms with Crippen LogP contribution in [0.4, 0.5) is 0 Å². The van der Waals surface area contributed by atoms with Crippen molar-refractivity contribution in [1.29, 1.82) is 0 Å². The minimum absolute atomic E-state index is 0.150. The van der Waals surface area contributed by atoms with E-state index in [1.54, 1.807) is 48.5 Å². The van der Waals surface area contributed by atoms with Gasteiger partial charge in [0, 0.05) is 6.04 Å². The fraction of sp³-hybridized carbons (Fsp3) is 0.125. The number of esters is 1. The van der Waals surface area contributed by atoms with Gasteiger partial charge in [0.1, 0.15) is 5.75 Å². The minimum atomic E-state index is -0.956. The van der Waals surface area contributed by atoms with Gasteiger partial charge in [0.15, 0.2) is 0 Å². The number of ether oxygens (including phenoxy) is 1. The predicted molar refractivity (Wildman–Crippen MR) is 77.0 cm³/mol. The highest BCUT2D eigenvalue weighted by atomic mass is 16.5. The number of hydrogen-bond acceptors (Lipinski definition) is 4. The molecule has 5 heteroatoms. The zero-order valence-corrected chi connectivity index (χ0v) is 11.2. The highest BCUT2D eigenvalue weighted by Crippen LogP contribution is 2.19. The molecule has 2 aromatic rings. The van der Waals surface area contributed by atoms with Gasteiger partial charge in [-0.2, -0.15) is 0 Å². The fourth-order valence-electron chi connectivity index (χ4n) is 1.83. The normalized spacial score (nSPS) is 11.7. The maximum absolute atomic E-state index is 11.9. The first-order chi connectivity index (χ1) is 10.1. The van der Waals surface area contributed by atoms with Crippen molar-refractivity contribution in [2.24, 2.45) is 5.73 Å². The Labute approximate surface area is 122 Å². The van der Waals surface area contributed by atoms with E-state index in [1.807, 2.05) is 6.07 Å². The zero-order valence-electron chi connectivity index (χ0n) is 11.2. The Morgan fingerprint density at radius 2 is 1.67 bits per heavy atom. The smallest absolute Gasteiger partial charge is 0.343 e. The Bertz CT molecular complexity index is 622. The summed E-state index contributed by atoms with van der Waals surface area (Å²) in [4.78, 5) is 22.5. The number of aliphatic carboxylic acids is 1. The maximum Gasteiger partial charge on any atom is 0.343 e. The summed E-state index contributed by atoms with van der Waals surface area (Å²) in [7, 11) is 0. The van der Waals surface area contributed by atoms with E-state index in [2.05, 4.69) is 0 Å². The van der Waals surface area contributed by atoms with Crippen molar-refractivity contribution in [3.05, 3.63) is 65.7 Å². The van der Waals surface area contributed by atoms with E-state index in [0.29, 0.717) is 16.9 Å². The number of benzene rings is 2. The molecule has 0 spiro atoms. The van der Waals surface area contributed by atoms with Gasteiger partial charge < -0.3 is 15.6 Å². The van der Waals surface area contributed by atoms with E-state index >= 15 is 0 Å². The van der Waals surface area contributed by atoms with Crippen molar-refractivity contribution in [2.45, 2.75) is 12.5 Å². The van der Waals surface area contributed by atoms with Gasteiger partial charge in [0.25, 0.3) is 0 Å². The molecule has 0 saturated heterocycles. The quantitative estimate of drug-likeness (QED) is 0.650. The Kier molecular flexibility index (Phi) is 4.68. The van der Waals surface area contributed by atoms with E-state index in [4.69, 9.17) is 15.6 Å². The van der Waals surface area contributed by atoms with Crippen LogP contribution in [0.25, 0.3) is 0 Å². The SMILES string of the molecule is NC(CC(=O)O)c1ccc(OC(=O)c2ccccc2)cc1. The van der Waals surface area contributed by atoms with Crippen LogP contribution in [0.15, 0.2) is 54.6 Å². The Morgan fingerprint density at radius 1 is 1.05 bits per heavy atom. The van der Waals surface area contributed by atoms with Gasteiger partial charge in [-0.25, -0.2) is 4.79 Å². The van der Waals surface area contributed by atoms with Crippen LogP contribution < -0.4 is 10.5 Å². The summed E-state index contributed by atoms with van der Waals surface area (Å²) < 4.78 is 5.22. The highest BCUT2D eigenvalue weighted by molar-refractivity contribution is 5.90. The third kappa shape index (κ3) is 4.15. The lowest BCUT2D eigenvalue weighted by molar-refractivity contribution is -0.137. The molecule has 0 aromatic heterocycles. The van der Waals surface area contributed by atoms with E-state index in [-0.39, 0.29) is 6.42 Å². The van der Waals surface area contributed by atoms with Crippen molar-refractivity contribution in [2.75, 3.05) is 0 Å². The molecular weight excluding hydrogens is 270 g/mol. The molecule has 0 fully saturated rings. The molecule has 0 aliphatic carbocycles. The molecule has 0 saturated carbocycles. The Balaban J connectivity index is 2.03. The summed E-state index contributed by atoms with van der Waals surface area (Å²) >= 11 is 0. The monoisotopic (exact) mass is 285 g/mol. The number of carboxylic acids is 1. The summed E-state index contributed by atoms with van der Waals surface area (Å²) in [5.41, 5.74) is 6.89. The molecule has 0 amide bonds. The number of carbonyl (C=O) groups is 2. The average Bonchev–Trinajstić information content (AvgIpc) is 2.48. The lowest BCUT2D eigenvalue weighted by atomic mass is 10.0. The standard InChI is InChI=1S/C16H15NO4/c17-14(10-15(18)19)11-6-8-13(9-7-11)21-16(20)12-4-2-1-3-5-12/h1-9,14H,10,17H2,(H,18,19). The van der Waals surface area contributed by atoms with Crippen molar-refractivity contribution in [3.63, 3.8) is 0 Å². The van der Waals surface area contributed by atoms with Gasteiger partial charge in [-0.1, -0.05) is 30.3 Å². The lowest BCUT2D eigenvalue weighted by Crippen LogP contribution is -2.15. The van der Waals surface area contributed by atoms with Crippen LogP contribution in [0, 0.1) is 0 Å². The van der Waals surface area contributed by atoms with Crippen molar-refractivity contribution < 1.29 is 19.4 Å². The summed E-state index contributed by atoms with van der Waals surface area (Å²) in [6.45, 7) is 0. The van der Waals surface area contributed by atoms with Gasteiger partial charge in [0.2, 0.25) is 0 Å². The van der Waals surface area contributed by atoms with Crippen molar-refractivity contribution in [1.82, 2.24) is 0 Å². The summed E-state index contributed by atoms with van der Waals surface area (Å²) in [5.74, 6) is -1.02. The molecule has 2 aromatic carbocycles. The van der Waals surface area contributed by atoms with E-state index in [9.17, 15) is 9.59 Å². The molecule has 2 rings (SSSR count). The highest BCUT2D eigenvalue weighted by Gasteiger charge is 2.12. The van der Waals surface area contributed by atoms with Gasteiger partial charge in [-0.05, 0) is 29.8 Å². The van der Waals surface area contributed by atoms with Crippen LogP contribution in [0.1, 0.15) is 28.4 Å². The minimum Gasteiger partial charge on any atom is -0.481 e. The first-order valence-corrected chi connectivity index (χ1v) is 6.41. The molecule has 1 atom stereocenters. The summed E-state index contributed by atoms with van der Waals surface area (Å²) in [5, 5.41) is 8.70. The van der Waals surface area contributed by atoms with Gasteiger partial charge in [-0.3, -0.25) is 4.79 Å². The van der Waals surface area contributed by atoms with Gasteiger partial charge in [-0.15, -0.1) is 0 Å². The topological polar surface area (TPSA) is 89.6 Å². The Morgan fingerprint density at radius 3 is 2.24 bits per heavy atom. The molecule has 0 heterocycles. The van der Waals surface area contributed by atoms with Crippen LogP contribution in [0.3, 0.4) is 0 Å². The van der Waals surface area contributed by atoms with Crippen molar-refractivity contribution >= 4 is 11.9 Å². The molecule has 0 radical (unpaired) electrons. The third-order valence-corrected chi connectivity index (χ3v) is 2.92. The largest absolute Gasteiger partial charge is 0.481 e. The fourth-order valence-corrected chi connectivity index (χ4v) is 1.83. The number of carboxylic acid groups (broad SMARTS) is 1. The van der Waals surface area contributed by atoms with Gasteiger partial charge in [0.05, 0.1) is 12.0 Å². The number of hydrogen-bond donors (Lipinski definition) is 2. The van der Waals surface area contributed by atoms with E-state index in [1.165, 1.54) is 0 Å². The molecule has 0 bridgehead atoms. The molecule has 21 heavy (non-hydrogen) atoms. The molecule has 3 N–H and O–H groups in total. The predicted octanol–water partition coefficient (Wildman–Crippen LogP) is 2.38. The first kappa shape index (κ1) is 14.7.